The summed E-state index contributed by atoms with van der Waals surface area (Å²) in [5.41, 5.74) is 7.31. The Morgan fingerprint density at radius 2 is 1.94 bits per heavy atom. The minimum atomic E-state index is 0.00342. The maximum absolute atomic E-state index is 10.8. The third-order valence-electron chi connectivity index (χ3n) is 2.91. The van der Waals surface area contributed by atoms with Gasteiger partial charge in [-0.15, -0.1) is 0 Å². The predicted octanol–water partition coefficient (Wildman–Crippen LogP) is 3.16. The smallest absolute Gasteiger partial charge is 0.153 e. The molecule has 18 heavy (non-hydrogen) atoms. The van der Waals surface area contributed by atoms with Crippen molar-refractivity contribution in [3.8, 4) is 5.75 Å². The Hall–Kier alpha value is -1.35. The van der Waals surface area contributed by atoms with Crippen LogP contribution < -0.4 is 10.5 Å². The van der Waals surface area contributed by atoms with Crippen molar-refractivity contribution in [3.63, 3.8) is 0 Å². The summed E-state index contributed by atoms with van der Waals surface area (Å²) in [6, 6.07) is 5.67. The van der Waals surface area contributed by atoms with E-state index in [1.54, 1.807) is 13.2 Å². The van der Waals surface area contributed by atoms with Crippen molar-refractivity contribution < 1.29 is 9.53 Å². The lowest BCUT2D eigenvalue weighted by molar-refractivity contribution is 0.112. The van der Waals surface area contributed by atoms with Crippen molar-refractivity contribution in [2.24, 2.45) is 5.73 Å². The van der Waals surface area contributed by atoms with Gasteiger partial charge in [0.1, 0.15) is 5.75 Å². The van der Waals surface area contributed by atoms with Crippen LogP contribution in [0.5, 0.6) is 5.75 Å². The second-order valence-electron chi connectivity index (χ2n) is 4.50. The molecular formula is C15H25NO2. The zero-order valence-corrected chi connectivity index (χ0v) is 12.1. The highest BCUT2D eigenvalue weighted by atomic mass is 16.5. The number of hydrogen-bond donors (Lipinski definition) is 1. The molecule has 0 atom stereocenters. The van der Waals surface area contributed by atoms with E-state index in [1.807, 2.05) is 26.0 Å². The quantitative estimate of drug-likeness (QED) is 0.818. The molecular weight excluding hydrogens is 226 g/mol. The number of ether oxygens (including phenoxy) is 1. The summed E-state index contributed by atoms with van der Waals surface area (Å²) in [5.74, 6) is 0.623. The van der Waals surface area contributed by atoms with E-state index >= 15 is 0 Å². The Morgan fingerprint density at radius 1 is 1.33 bits per heavy atom. The standard InChI is InChI=1S/C13H19NO2.C2H6/c1-13(2,6-7-14)11-5-4-10(9-15)12(8-11)16-3;1-2/h4-5,8-9H,6-7,14H2,1-3H3;1-2H3. The predicted molar refractivity (Wildman–Crippen MR) is 76.4 cm³/mol. The van der Waals surface area contributed by atoms with Crippen molar-refractivity contribution in [1.82, 2.24) is 0 Å². The fraction of sp³-hybridized carbons (Fsp3) is 0.533. The van der Waals surface area contributed by atoms with Crippen molar-refractivity contribution in [1.29, 1.82) is 0 Å². The topological polar surface area (TPSA) is 52.3 Å². The summed E-state index contributed by atoms with van der Waals surface area (Å²) >= 11 is 0. The first-order valence-electron chi connectivity index (χ1n) is 6.39. The van der Waals surface area contributed by atoms with Crippen LogP contribution in [0.25, 0.3) is 0 Å². The molecule has 0 amide bonds. The molecule has 0 spiro atoms. The maximum atomic E-state index is 10.8. The summed E-state index contributed by atoms with van der Waals surface area (Å²) in [6.45, 7) is 8.91. The number of carbonyl (C=O) groups is 1. The zero-order valence-electron chi connectivity index (χ0n) is 12.1. The first-order valence-corrected chi connectivity index (χ1v) is 6.39. The van der Waals surface area contributed by atoms with E-state index in [0.717, 1.165) is 18.3 Å². The van der Waals surface area contributed by atoms with E-state index in [0.29, 0.717) is 17.9 Å². The number of benzene rings is 1. The molecule has 1 aromatic carbocycles. The van der Waals surface area contributed by atoms with Crippen LogP contribution in [0.15, 0.2) is 18.2 Å². The molecule has 0 aromatic heterocycles. The van der Waals surface area contributed by atoms with Gasteiger partial charge < -0.3 is 10.5 Å². The van der Waals surface area contributed by atoms with Gasteiger partial charge in [0, 0.05) is 0 Å². The van der Waals surface area contributed by atoms with Crippen LogP contribution in [0.1, 0.15) is 50.0 Å². The van der Waals surface area contributed by atoms with Gasteiger partial charge >= 0.3 is 0 Å². The summed E-state index contributed by atoms with van der Waals surface area (Å²) in [4.78, 5) is 10.8. The molecule has 0 aliphatic heterocycles. The van der Waals surface area contributed by atoms with E-state index in [2.05, 4.69) is 13.8 Å². The lowest BCUT2D eigenvalue weighted by Gasteiger charge is -2.25. The Balaban J connectivity index is 0.00000137. The molecule has 0 saturated heterocycles. The Morgan fingerprint density at radius 3 is 2.39 bits per heavy atom. The van der Waals surface area contributed by atoms with Crippen molar-refractivity contribution >= 4 is 6.29 Å². The molecule has 102 valence electrons. The minimum Gasteiger partial charge on any atom is -0.496 e. The monoisotopic (exact) mass is 251 g/mol. The highest BCUT2D eigenvalue weighted by Crippen LogP contribution is 2.30. The van der Waals surface area contributed by atoms with Crippen LogP contribution in [0.3, 0.4) is 0 Å². The SMILES string of the molecule is CC.COc1cc(C(C)(C)CCN)ccc1C=O. The molecule has 0 saturated carbocycles. The molecule has 0 bridgehead atoms. The molecule has 0 unspecified atom stereocenters. The van der Waals surface area contributed by atoms with Gasteiger partial charge in [0.2, 0.25) is 0 Å². The molecule has 3 heteroatoms. The average Bonchev–Trinajstić information content (AvgIpc) is 2.40. The van der Waals surface area contributed by atoms with E-state index < -0.39 is 0 Å². The van der Waals surface area contributed by atoms with Gasteiger partial charge in [-0.3, -0.25) is 4.79 Å². The summed E-state index contributed by atoms with van der Waals surface area (Å²) < 4.78 is 5.19. The third kappa shape index (κ3) is 4.15. The van der Waals surface area contributed by atoms with E-state index in [1.165, 1.54) is 0 Å². The number of rotatable bonds is 5. The summed E-state index contributed by atoms with van der Waals surface area (Å²) in [6.07, 6.45) is 1.70. The normalized spacial score (nSPS) is 10.3. The van der Waals surface area contributed by atoms with Crippen LogP contribution in [0.2, 0.25) is 0 Å². The van der Waals surface area contributed by atoms with Crippen LogP contribution in [-0.2, 0) is 5.41 Å². The fourth-order valence-electron chi connectivity index (χ4n) is 1.73. The van der Waals surface area contributed by atoms with E-state index in [-0.39, 0.29) is 5.41 Å². The highest BCUT2D eigenvalue weighted by molar-refractivity contribution is 5.79. The lowest BCUT2D eigenvalue weighted by Crippen LogP contribution is -2.21. The number of nitrogens with two attached hydrogens (primary N) is 1. The van der Waals surface area contributed by atoms with E-state index in [9.17, 15) is 4.79 Å². The molecule has 0 heterocycles. The molecule has 0 fully saturated rings. The Kier molecular flexibility index (Phi) is 7.29. The molecule has 3 nitrogen and oxygen atoms in total. The Labute approximate surface area is 110 Å². The maximum Gasteiger partial charge on any atom is 0.153 e. The van der Waals surface area contributed by atoms with Crippen LogP contribution >= 0.6 is 0 Å². The van der Waals surface area contributed by atoms with Crippen molar-refractivity contribution in [2.45, 2.75) is 39.5 Å². The first kappa shape index (κ1) is 16.6. The largest absolute Gasteiger partial charge is 0.496 e. The number of carbonyl (C=O) groups excluding carboxylic acids is 1. The van der Waals surface area contributed by atoms with Crippen LogP contribution in [0, 0.1) is 0 Å². The van der Waals surface area contributed by atoms with Gasteiger partial charge in [-0.2, -0.15) is 0 Å². The van der Waals surface area contributed by atoms with Crippen LogP contribution in [0.4, 0.5) is 0 Å². The molecule has 1 aromatic rings. The van der Waals surface area contributed by atoms with Gasteiger partial charge in [-0.1, -0.05) is 33.8 Å². The molecule has 0 aliphatic carbocycles. The van der Waals surface area contributed by atoms with Gasteiger partial charge in [0.15, 0.2) is 6.29 Å². The van der Waals surface area contributed by atoms with Gasteiger partial charge in [-0.25, -0.2) is 0 Å². The second-order valence-corrected chi connectivity index (χ2v) is 4.50. The number of aldehydes is 1. The molecule has 2 N–H and O–H groups in total. The van der Waals surface area contributed by atoms with Crippen LogP contribution in [-0.4, -0.2) is 19.9 Å². The zero-order chi connectivity index (χ0) is 14.2. The average molecular weight is 251 g/mol. The third-order valence-corrected chi connectivity index (χ3v) is 2.91. The van der Waals surface area contributed by atoms with Gasteiger partial charge in [0.25, 0.3) is 0 Å². The summed E-state index contributed by atoms with van der Waals surface area (Å²) in [5, 5.41) is 0. The lowest BCUT2D eigenvalue weighted by atomic mass is 9.81. The van der Waals surface area contributed by atoms with Crippen molar-refractivity contribution in [2.75, 3.05) is 13.7 Å². The summed E-state index contributed by atoms with van der Waals surface area (Å²) in [7, 11) is 1.57. The van der Waals surface area contributed by atoms with Gasteiger partial charge in [0.05, 0.1) is 12.7 Å². The van der Waals surface area contributed by atoms with Gasteiger partial charge in [-0.05, 0) is 36.1 Å². The molecule has 1 rings (SSSR count). The Bertz CT molecular complexity index is 373. The first-order chi connectivity index (χ1) is 8.55. The number of hydrogen-bond acceptors (Lipinski definition) is 3. The minimum absolute atomic E-state index is 0.00342. The fourth-order valence-corrected chi connectivity index (χ4v) is 1.73. The van der Waals surface area contributed by atoms with Crippen molar-refractivity contribution in [3.05, 3.63) is 29.3 Å². The molecule has 0 aliphatic rings. The second kappa shape index (κ2) is 7.88. The van der Waals surface area contributed by atoms with E-state index in [4.69, 9.17) is 10.5 Å². The molecule has 0 radical (unpaired) electrons. The number of methoxy groups -OCH3 is 1. The highest BCUT2D eigenvalue weighted by Gasteiger charge is 2.20.